The fraction of sp³-hybridized carbons (Fsp3) is 0.125. The second-order valence-electron chi connectivity index (χ2n) is 5.78. The van der Waals surface area contributed by atoms with E-state index in [0.717, 1.165) is 10.8 Å². The summed E-state index contributed by atoms with van der Waals surface area (Å²) in [6.45, 7) is 0. The third kappa shape index (κ3) is 4.99. The minimum atomic E-state index is -4.66. The summed E-state index contributed by atoms with van der Waals surface area (Å²) in [4.78, 5) is 23.3. The maximum Gasteiger partial charge on any atom is 0.417 e. The first kappa shape index (κ1) is 22.6. The molecular formula is C16H8Cl2F6N6O. The highest BCUT2D eigenvalue weighted by Crippen LogP contribution is 2.33. The van der Waals surface area contributed by atoms with Gasteiger partial charge in [-0.1, -0.05) is 23.2 Å². The number of halogens is 8. The highest BCUT2D eigenvalue weighted by molar-refractivity contribution is 6.33. The Bertz CT molecular complexity index is 1130. The molecule has 3 aromatic heterocycles. The number of amides is 1. The van der Waals surface area contributed by atoms with Crippen LogP contribution in [0, 0.1) is 0 Å². The average Bonchev–Trinajstić information content (AvgIpc) is 3.14. The van der Waals surface area contributed by atoms with Crippen LogP contribution in [0.1, 0.15) is 21.7 Å². The van der Waals surface area contributed by atoms with Gasteiger partial charge < -0.3 is 0 Å². The Balaban J connectivity index is 1.79. The Morgan fingerprint density at radius 1 is 0.903 bits per heavy atom. The Hall–Kier alpha value is -3.06. The number of rotatable bonds is 4. The van der Waals surface area contributed by atoms with Crippen molar-refractivity contribution in [3.63, 3.8) is 0 Å². The number of hydrogen-bond acceptors (Lipinski definition) is 5. The molecule has 0 saturated carbocycles. The van der Waals surface area contributed by atoms with Gasteiger partial charge in [-0.15, -0.1) is 0 Å². The van der Waals surface area contributed by atoms with Gasteiger partial charge >= 0.3 is 18.3 Å². The van der Waals surface area contributed by atoms with Crippen molar-refractivity contribution in [2.45, 2.75) is 12.4 Å². The second-order valence-corrected chi connectivity index (χ2v) is 6.59. The Morgan fingerprint density at radius 2 is 1.48 bits per heavy atom. The molecule has 0 saturated heterocycles. The first-order valence-electron chi connectivity index (χ1n) is 7.93. The van der Waals surface area contributed by atoms with E-state index >= 15 is 0 Å². The van der Waals surface area contributed by atoms with Crippen LogP contribution in [0.4, 0.5) is 32.2 Å². The standard InChI is InChI=1S/C16H8Cl2F6N6O/c17-9-3-7(15(19,20)21)5-26-11(9)28-29-14(31)13-25-1-2-30(13)12-10(18)4-8(6-27-12)16(22,23)24/h1-6H,(H,26,28)(H,29,31). The largest absolute Gasteiger partial charge is 0.417 e. The van der Waals surface area contributed by atoms with E-state index in [4.69, 9.17) is 23.2 Å². The predicted molar refractivity (Wildman–Crippen MR) is 96.7 cm³/mol. The summed E-state index contributed by atoms with van der Waals surface area (Å²) in [6.07, 6.45) is -5.90. The van der Waals surface area contributed by atoms with Crippen LogP contribution >= 0.6 is 23.2 Å². The minimum absolute atomic E-state index is 0.206. The van der Waals surface area contributed by atoms with Crippen molar-refractivity contribution in [3.05, 3.63) is 63.9 Å². The molecule has 0 aliphatic heterocycles. The summed E-state index contributed by atoms with van der Waals surface area (Å²) in [5.41, 5.74) is 2.17. The summed E-state index contributed by atoms with van der Waals surface area (Å²) in [5, 5.41) is -0.826. The van der Waals surface area contributed by atoms with Crippen LogP contribution in [0.2, 0.25) is 10.0 Å². The van der Waals surface area contributed by atoms with E-state index in [1.165, 1.54) is 6.20 Å². The molecule has 15 heteroatoms. The fourth-order valence-electron chi connectivity index (χ4n) is 2.26. The fourth-order valence-corrected chi connectivity index (χ4v) is 2.73. The van der Waals surface area contributed by atoms with Gasteiger partial charge in [0, 0.05) is 24.8 Å². The molecule has 0 aliphatic carbocycles. The molecule has 0 aliphatic rings. The van der Waals surface area contributed by atoms with Crippen molar-refractivity contribution in [1.29, 1.82) is 0 Å². The molecule has 7 nitrogen and oxygen atoms in total. The zero-order chi connectivity index (χ0) is 23.0. The van der Waals surface area contributed by atoms with Crippen LogP contribution < -0.4 is 10.9 Å². The highest BCUT2D eigenvalue weighted by Gasteiger charge is 2.33. The molecule has 3 rings (SSSR count). The molecule has 0 fully saturated rings. The lowest BCUT2D eigenvalue weighted by Crippen LogP contribution is -2.32. The number of nitrogens with one attached hydrogen (secondary N) is 2. The number of nitrogens with zero attached hydrogens (tertiary/aromatic N) is 4. The molecule has 0 unspecified atom stereocenters. The SMILES string of the molecule is O=C(NNc1ncc(C(F)(F)F)cc1Cl)c1nccn1-c1ncc(C(F)(F)F)cc1Cl. The number of carbonyl (C=O) groups excluding carboxylic acids is 1. The summed E-state index contributed by atoms with van der Waals surface area (Å²) in [6, 6.07) is 1.24. The number of alkyl halides is 6. The number of pyridine rings is 2. The van der Waals surface area contributed by atoms with Gasteiger partial charge in [-0.05, 0) is 12.1 Å². The number of imidazole rings is 1. The lowest BCUT2D eigenvalue weighted by molar-refractivity contribution is -0.138. The average molecular weight is 485 g/mol. The van der Waals surface area contributed by atoms with Gasteiger partial charge in [-0.25, -0.2) is 15.0 Å². The zero-order valence-electron chi connectivity index (χ0n) is 14.7. The third-order valence-electron chi connectivity index (χ3n) is 3.68. The first-order chi connectivity index (χ1) is 14.4. The van der Waals surface area contributed by atoms with E-state index in [9.17, 15) is 31.1 Å². The molecule has 164 valence electrons. The van der Waals surface area contributed by atoms with Crippen LogP contribution in [-0.4, -0.2) is 25.4 Å². The molecule has 0 radical (unpaired) electrons. The summed E-state index contributed by atoms with van der Waals surface area (Å²) in [5.74, 6) is -1.76. The topological polar surface area (TPSA) is 84.7 Å². The molecule has 0 aromatic carbocycles. The Kier molecular flexibility index (Phi) is 6.00. The summed E-state index contributed by atoms with van der Waals surface area (Å²) >= 11 is 11.6. The Labute approximate surface area is 179 Å². The monoisotopic (exact) mass is 484 g/mol. The van der Waals surface area contributed by atoms with Crippen molar-refractivity contribution in [2.75, 3.05) is 5.43 Å². The number of hydrazine groups is 1. The smallest absolute Gasteiger partial charge is 0.280 e. The van der Waals surface area contributed by atoms with E-state index in [1.54, 1.807) is 0 Å². The van der Waals surface area contributed by atoms with Gasteiger partial charge in [-0.3, -0.25) is 20.2 Å². The maximum absolute atomic E-state index is 12.8. The molecule has 0 bridgehead atoms. The number of carbonyl (C=O) groups is 1. The van der Waals surface area contributed by atoms with Gasteiger partial charge in [0.15, 0.2) is 11.6 Å². The molecule has 3 heterocycles. The number of hydrogen-bond donors (Lipinski definition) is 2. The van der Waals surface area contributed by atoms with Crippen molar-refractivity contribution >= 4 is 34.9 Å². The molecule has 2 N–H and O–H groups in total. The van der Waals surface area contributed by atoms with E-state index in [2.05, 4.69) is 25.8 Å². The predicted octanol–water partition coefficient (Wildman–Crippen LogP) is 4.76. The van der Waals surface area contributed by atoms with Crippen molar-refractivity contribution in [2.24, 2.45) is 0 Å². The van der Waals surface area contributed by atoms with Crippen molar-refractivity contribution in [1.82, 2.24) is 24.9 Å². The lowest BCUT2D eigenvalue weighted by atomic mass is 10.2. The quantitative estimate of drug-likeness (QED) is 0.411. The van der Waals surface area contributed by atoms with Crippen molar-refractivity contribution < 1.29 is 31.1 Å². The molecule has 3 aromatic rings. The first-order valence-corrected chi connectivity index (χ1v) is 8.69. The molecule has 0 spiro atoms. The van der Waals surface area contributed by atoms with Crippen LogP contribution in [0.5, 0.6) is 0 Å². The second kappa shape index (κ2) is 8.23. The maximum atomic E-state index is 12.8. The number of anilines is 1. The Morgan fingerprint density at radius 3 is 2.03 bits per heavy atom. The van der Waals surface area contributed by atoms with E-state index < -0.39 is 39.4 Å². The van der Waals surface area contributed by atoms with Gasteiger partial charge in [0.25, 0.3) is 0 Å². The molecule has 0 atom stereocenters. The van der Waals surface area contributed by atoms with Crippen LogP contribution in [0.3, 0.4) is 0 Å². The lowest BCUT2D eigenvalue weighted by Gasteiger charge is -2.13. The molecule has 1 amide bonds. The highest BCUT2D eigenvalue weighted by atomic mass is 35.5. The normalized spacial score (nSPS) is 12.0. The van der Waals surface area contributed by atoms with Crippen molar-refractivity contribution in [3.8, 4) is 5.82 Å². The summed E-state index contributed by atoms with van der Waals surface area (Å²) < 4.78 is 77.3. The van der Waals surface area contributed by atoms with E-state index in [-0.39, 0.29) is 17.5 Å². The summed E-state index contributed by atoms with van der Waals surface area (Å²) in [7, 11) is 0. The van der Waals surface area contributed by atoms with Gasteiger partial charge in [-0.2, -0.15) is 26.3 Å². The van der Waals surface area contributed by atoms with E-state index in [0.29, 0.717) is 24.5 Å². The number of aromatic nitrogens is 4. The minimum Gasteiger partial charge on any atom is -0.280 e. The van der Waals surface area contributed by atoms with Crippen LogP contribution in [0.15, 0.2) is 36.9 Å². The van der Waals surface area contributed by atoms with Crippen LogP contribution in [0.25, 0.3) is 5.82 Å². The van der Waals surface area contributed by atoms with Gasteiger partial charge in [0.1, 0.15) is 0 Å². The van der Waals surface area contributed by atoms with Gasteiger partial charge in [0.05, 0.1) is 21.2 Å². The molecule has 31 heavy (non-hydrogen) atoms. The van der Waals surface area contributed by atoms with Crippen LogP contribution in [-0.2, 0) is 12.4 Å². The van der Waals surface area contributed by atoms with Gasteiger partial charge in [0.2, 0.25) is 5.82 Å². The van der Waals surface area contributed by atoms with E-state index in [1.807, 2.05) is 0 Å². The molecular weight excluding hydrogens is 477 g/mol. The zero-order valence-corrected chi connectivity index (χ0v) is 16.2. The third-order valence-corrected chi connectivity index (χ3v) is 4.25.